The van der Waals surface area contributed by atoms with Crippen molar-refractivity contribution in [3.8, 4) is 0 Å². The SMILES string of the molecule is CCCNC1C(=O)Nc2cc(N(C)CC3CC3)c(Cl)cc21. The molecule has 2 aliphatic rings. The molecule has 5 heteroatoms. The number of nitrogens with one attached hydrogen (secondary N) is 2. The van der Waals surface area contributed by atoms with Crippen molar-refractivity contribution in [2.45, 2.75) is 32.2 Å². The van der Waals surface area contributed by atoms with E-state index in [1.54, 1.807) is 0 Å². The summed E-state index contributed by atoms with van der Waals surface area (Å²) in [5, 5.41) is 6.95. The summed E-state index contributed by atoms with van der Waals surface area (Å²) >= 11 is 6.45. The Bertz CT molecular complexity index is 557. The van der Waals surface area contributed by atoms with E-state index < -0.39 is 0 Å². The van der Waals surface area contributed by atoms with E-state index in [1.807, 2.05) is 12.1 Å². The highest BCUT2D eigenvalue weighted by atomic mass is 35.5. The zero-order chi connectivity index (χ0) is 15.0. The molecule has 0 bridgehead atoms. The van der Waals surface area contributed by atoms with Crippen LogP contribution in [0, 0.1) is 5.92 Å². The molecular formula is C16H22ClN3O. The predicted molar refractivity (Wildman–Crippen MR) is 87.1 cm³/mol. The van der Waals surface area contributed by atoms with Crippen LogP contribution in [0.3, 0.4) is 0 Å². The Morgan fingerprint density at radius 2 is 2.19 bits per heavy atom. The lowest BCUT2D eigenvalue weighted by molar-refractivity contribution is -0.117. The van der Waals surface area contributed by atoms with E-state index in [4.69, 9.17) is 11.6 Å². The zero-order valence-corrected chi connectivity index (χ0v) is 13.3. The predicted octanol–water partition coefficient (Wildman–Crippen LogP) is 3.18. The molecule has 2 N–H and O–H groups in total. The number of rotatable bonds is 6. The first-order valence-corrected chi connectivity index (χ1v) is 8.06. The molecule has 0 spiro atoms. The lowest BCUT2D eigenvalue weighted by Gasteiger charge is -2.21. The topological polar surface area (TPSA) is 44.4 Å². The number of carbonyl (C=O) groups is 1. The first-order valence-electron chi connectivity index (χ1n) is 7.69. The van der Waals surface area contributed by atoms with Crippen LogP contribution in [0.4, 0.5) is 11.4 Å². The standard InChI is InChI=1S/C16H22ClN3O/c1-3-6-18-15-11-7-12(17)14(8-13(11)19-16(15)21)20(2)9-10-4-5-10/h7-8,10,15,18H,3-6,9H2,1-2H3,(H,19,21). The molecule has 1 heterocycles. The molecule has 1 aliphatic carbocycles. The van der Waals surface area contributed by atoms with E-state index in [-0.39, 0.29) is 11.9 Å². The number of carbonyl (C=O) groups excluding carboxylic acids is 1. The Hall–Kier alpha value is -1.26. The molecule has 0 aromatic heterocycles. The van der Waals surface area contributed by atoms with Crippen molar-refractivity contribution in [2.24, 2.45) is 5.92 Å². The smallest absolute Gasteiger partial charge is 0.246 e. The van der Waals surface area contributed by atoms with Crippen LogP contribution >= 0.6 is 11.6 Å². The van der Waals surface area contributed by atoms with Crippen molar-refractivity contribution < 1.29 is 4.79 Å². The molecule has 1 amide bonds. The van der Waals surface area contributed by atoms with E-state index >= 15 is 0 Å². The molecule has 21 heavy (non-hydrogen) atoms. The van der Waals surface area contributed by atoms with Gasteiger partial charge in [0, 0.05) is 24.8 Å². The molecule has 1 fully saturated rings. The fraction of sp³-hybridized carbons (Fsp3) is 0.562. The molecule has 1 unspecified atom stereocenters. The maximum Gasteiger partial charge on any atom is 0.246 e. The second-order valence-electron chi connectivity index (χ2n) is 6.09. The van der Waals surface area contributed by atoms with Crippen molar-refractivity contribution in [1.82, 2.24) is 5.32 Å². The van der Waals surface area contributed by atoms with Gasteiger partial charge in [0.25, 0.3) is 0 Å². The fourth-order valence-electron chi connectivity index (χ4n) is 2.84. The highest BCUT2D eigenvalue weighted by Crippen LogP contribution is 2.40. The molecule has 1 saturated carbocycles. The lowest BCUT2D eigenvalue weighted by atomic mass is 10.1. The Labute approximate surface area is 130 Å². The van der Waals surface area contributed by atoms with Gasteiger partial charge in [0.05, 0.1) is 10.7 Å². The third-order valence-corrected chi connectivity index (χ3v) is 4.49. The number of fused-ring (bicyclic) bond motifs is 1. The number of halogens is 1. The van der Waals surface area contributed by atoms with E-state index in [0.717, 1.165) is 47.4 Å². The molecule has 1 aromatic rings. The van der Waals surface area contributed by atoms with Gasteiger partial charge >= 0.3 is 0 Å². The Morgan fingerprint density at radius 1 is 1.43 bits per heavy atom. The second-order valence-corrected chi connectivity index (χ2v) is 6.50. The number of amides is 1. The zero-order valence-electron chi connectivity index (χ0n) is 12.6. The van der Waals surface area contributed by atoms with Crippen LogP contribution in [0.1, 0.15) is 37.8 Å². The Kier molecular flexibility index (Phi) is 4.09. The number of hydrogen-bond acceptors (Lipinski definition) is 3. The van der Waals surface area contributed by atoms with Gasteiger partial charge in [-0.1, -0.05) is 18.5 Å². The van der Waals surface area contributed by atoms with Gasteiger partial charge in [0.1, 0.15) is 6.04 Å². The van der Waals surface area contributed by atoms with Crippen molar-refractivity contribution in [3.05, 3.63) is 22.7 Å². The van der Waals surface area contributed by atoms with Crippen molar-refractivity contribution in [3.63, 3.8) is 0 Å². The summed E-state index contributed by atoms with van der Waals surface area (Å²) in [5.41, 5.74) is 2.84. The molecule has 0 saturated heterocycles. The summed E-state index contributed by atoms with van der Waals surface area (Å²) in [6.07, 6.45) is 3.62. The summed E-state index contributed by atoms with van der Waals surface area (Å²) in [7, 11) is 2.06. The minimum absolute atomic E-state index is 0.0107. The number of anilines is 2. The van der Waals surface area contributed by atoms with Crippen LogP contribution in [0.15, 0.2) is 12.1 Å². The van der Waals surface area contributed by atoms with Gasteiger partial charge in [0.2, 0.25) is 5.91 Å². The summed E-state index contributed by atoms with van der Waals surface area (Å²) in [4.78, 5) is 14.3. The van der Waals surface area contributed by atoms with Gasteiger partial charge in [-0.2, -0.15) is 0 Å². The van der Waals surface area contributed by atoms with Crippen LogP contribution in [0.25, 0.3) is 0 Å². The lowest BCUT2D eigenvalue weighted by Crippen LogP contribution is -2.28. The monoisotopic (exact) mass is 307 g/mol. The number of nitrogens with zero attached hydrogens (tertiary/aromatic N) is 1. The third-order valence-electron chi connectivity index (χ3n) is 4.19. The molecule has 1 atom stereocenters. The van der Waals surface area contributed by atoms with Gasteiger partial charge in [0.15, 0.2) is 0 Å². The molecule has 1 aliphatic heterocycles. The molecule has 0 radical (unpaired) electrons. The largest absolute Gasteiger partial charge is 0.373 e. The molecule has 4 nitrogen and oxygen atoms in total. The normalized spacial score (nSPS) is 20.3. The van der Waals surface area contributed by atoms with Crippen LogP contribution in [-0.4, -0.2) is 26.0 Å². The van der Waals surface area contributed by atoms with E-state index in [2.05, 4.69) is 29.5 Å². The van der Waals surface area contributed by atoms with Crippen molar-refractivity contribution in [1.29, 1.82) is 0 Å². The van der Waals surface area contributed by atoms with Gasteiger partial charge in [-0.05, 0) is 43.9 Å². The number of benzene rings is 1. The van der Waals surface area contributed by atoms with Gasteiger partial charge in [-0.25, -0.2) is 0 Å². The fourth-order valence-corrected chi connectivity index (χ4v) is 3.16. The Balaban J connectivity index is 1.84. The van der Waals surface area contributed by atoms with Gasteiger partial charge in [-0.3, -0.25) is 4.79 Å². The maximum absolute atomic E-state index is 12.1. The average molecular weight is 308 g/mol. The quantitative estimate of drug-likeness (QED) is 0.848. The first kappa shape index (κ1) is 14.7. The van der Waals surface area contributed by atoms with Gasteiger partial charge < -0.3 is 15.5 Å². The van der Waals surface area contributed by atoms with Crippen LogP contribution in [0.5, 0.6) is 0 Å². The van der Waals surface area contributed by atoms with Gasteiger partial charge in [-0.15, -0.1) is 0 Å². The minimum Gasteiger partial charge on any atom is -0.373 e. The minimum atomic E-state index is -0.278. The van der Waals surface area contributed by atoms with Crippen molar-refractivity contribution in [2.75, 3.05) is 30.4 Å². The summed E-state index contributed by atoms with van der Waals surface area (Å²) in [5.74, 6) is 0.810. The van der Waals surface area contributed by atoms with Crippen molar-refractivity contribution >= 4 is 28.9 Å². The second kappa shape index (κ2) is 5.85. The van der Waals surface area contributed by atoms with E-state index in [9.17, 15) is 4.79 Å². The molecule has 1 aromatic carbocycles. The molecular weight excluding hydrogens is 286 g/mol. The van der Waals surface area contributed by atoms with Crippen LogP contribution in [0.2, 0.25) is 5.02 Å². The number of hydrogen-bond donors (Lipinski definition) is 2. The summed E-state index contributed by atoms with van der Waals surface area (Å²) in [6, 6.07) is 3.66. The maximum atomic E-state index is 12.1. The van der Waals surface area contributed by atoms with Crippen LogP contribution in [-0.2, 0) is 4.79 Å². The molecule has 3 rings (SSSR count). The summed E-state index contributed by atoms with van der Waals surface area (Å²) in [6.45, 7) is 3.94. The highest BCUT2D eigenvalue weighted by Gasteiger charge is 2.32. The van der Waals surface area contributed by atoms with E-state index in [0.29, 0.717) is 0 Å². The van der Waals surface area contributed by atoms with Crippen LogP contribution < -0.4 is 15.5 Å². The first-order chi connectivity index (χ1) is 10.1. The molecule has 114 valence electrons. The summed E-state index contributed by atoms with van der Waals surface area (Å²) < 4.78 is 0. The average Bonchev–Trinajstić information content (AvgIpc) is 3.20. The highest BCUT2D eigenvalue weighted by molar-refractivity contribution is 6.33. The van der Waals surface area contributed by atoms with E-state index in [1.165, 1.54) is 12.8 Å². The Morgan fingerprint density at radius 3 is 2.86 bits per heavy atom. The third kappa shape index (κ3) is 3.01.